The Hall–Kier alpha value is -1.27. The molecule has 1 unspecified atom stereocenters. The minimum absolute atomic E-state index is 0. The average Bonchev–Trinajstić information content (AvgIpc) is 2.67. The summed E-state index contributed by atoms with van der Waals surface area (Å²) in [5, 5.41) is 3.07. The fraction of sp³-hybridized carbons (Fsp3) is 0.619. The van der Waals surface area contributed by atoms with Crippen LogP contribution in [0.2, 0.25) is 0 Å². The fourth-order valence-electron chi connectivity index (χ4n) is 2.33. The van der Waals surface area contributed by atoms with Crippen LogP contribution in [0, 0.1) is 0 Å². The van der Waals surface area contributed by atoms with Crippen molar-refractivity contribution in [3.8, 4) is 0 Å². The summed E-state index contributed by atoms with van der Waals surface area (Å²) >= 11 is 0. The van der Waals surface area contributed by atoms with Crippen molar-refractivity contribution in [1.82, 2.24) is 5.32 Å². The molecule has 1 rings (SSSR count). The van der Waals surface area contributed by atoms with Gasteiger partial charge >= 0.3 is 0 Å². The van der Waals surface area contributed by atoms with E-state index >= 15 is 0 Å². The predicted octanol–water partition coefficient (Wildman–Crippen LogP) is 4.08. The second-order valence-electron chi connectivity index (χ2n) is 6.33. The zero-order chi connectivity index (χ0) is 19.0. The van der Waals surface area contributed by atoms with Crippen molar-refractivity contribution in [2.24, 2.45) is 0 Å². The van der Waals surface area contributed by atoms with Gasteiger partial charge in [-0.3, -0.25) is 14.9 Å². The predicted molar refractivity (Wildman–Crippen MR) is 110 cm³/mol. The van der Waals surface area contributed by atoms with E-state index in [4.69, 9.17) is 9.47 Å². The van der Waals surface area contributed by atoms with Crippen LogP contribution in [0.5, 0.6) is 0 Å². The van der Waals surface area contributed by atoms with Crippen LogP contribution >= 0.6 is 12.4 Å². The van der Waals surface area contributed by atoms with Crippen molar-refractivity contribution in [3.63, 3.8) is 0 Å². The number of rotatable bonds is 16. The van der Waals surface area contributed by atoms with Crippen LogP contribution in [0.3, 0.4) is 0 Å². The molecule has 27 heavy (non-hydrogen) atoms. The Kier molecular flexibility index (Phi) is 16.1. The van der Waals surface area contributed by atoms with Crippen molar-refractivity contribution in [2.75, 3.05) is 19.8 Å². The van der Waals surface area contributed by atoms with Crippen molar-refractivity contribution in [3.05, 3.63) is 35.9 Å². The molecule has 1 N–H and O–H groups in total. The van der Waals surface area contributed by atoms with Gasteiger partial charge in [0.1, 0.15) is 0 Å². The average molecular weight is 400 g/mol. The lowest BCUT2D eigenvalue weighted by Crippen LogP contribution is -2.42. The molecule has 1 aromatic carbocycles. The molecule has 0 saturated heterocycles. The van der Waals surface area contributed by atoms with E-state index in [0.29, 0.717) is 32.8 Å². The number of ketones is 2. The number of carbonyl (C=O) groups is 2. The normalized spacial score (nSPS) is 11.6. The maximum absolute atomic E-state index is 12.4. The summed E-state index contributed by atoms with van der Waals surface area (Å²) in [6.45, 7) is 6.32. The highest BCUT2D eigenvalue weighted by atomic mass is 35.5. The van der Waals surface area contributed by atoms with Crippen LogP contribution in [0.4, 0.5) is 0 Å². The monoisotopic (exact) mass is 399 g/mol. The summed E-state index contributed by atoms with van der Waals surface area (Å²) in [4.78, 5) is 24.6. The Morgan fingerprint density at radius 3 is 2.26 bits per heavy atom. The molecule has 1 atom stereocenters. The largest absolute Gasteiger partial charge is 0.381 e. The van der Waals surface area contributed by atoms with Crippen LogP contribution in [-0.2, 0) is 25.6 Å². The van der Waals surface area contributed by atoms with Crippen LogP contribution < -0.4 is 5.32 Å². The molecule has 0 spiro atoms. The van der Waals surface area contributed by atoms with Crippen molar-refractivity contribution >= 4 is 24.0 Å². The summed E-state index contributed by atoms with van der Waals surface area (Å²) < 4.78 is 11.1. The highest BCUT2D eigenvalue weighted by Crippen LogP contribution is 2.04. The highest BCUT2D eigenvalue weighted by molar-refractivity contribution is 6.38. The van der Waals surface area contributed by atoms with Crippen molar-refractivity contribution in [1.29, 1.82) is 0 Å². The Morgan fingerprint density at radius 1 is 0.963 bits per heavy atom. The van der Waals surface area contributed by atoms with Gasteiger partial charge in [0, 0.05) is 32.8 Å². The Bertz CT molecular complexity index is 510. The molecule has 0 amide bonds. The maximum Gasteiger partial charge on any atom is 0.241 e. The smallest absolute Gasteiger partial charge is 0.241 e. The first-order valence-electron chi connectivity index (χ1n) is 9.72. The van der Waals surface area contributed by atoms with E-state index in [1.807, 2.05) is 30.3 Å². The molecular formula is C21H34ClNO4. The van der Waals surface area contributed by atoms with Crippen LogP contribution in [-0.4, -0.2) is 37.6 Å². The fourth-order valence-corrected chi connectivity index (χ4v) is 2.33. The third-order valence-corrected chi connectivity index (χ3v) is 3.96. The summed E-state index contributed by atoms with van der Waals surface area (Å²) in [5.41, 5.74) is 1.04. The standard InChI is InChI=1S/C21H33NO4.ClH/c1-3-5-14-25-15-10-13-19(23)20(24)21(26-16-6-4-2)22-17-18-11-8-7-9-12-18;/h7-9,11-12,21-22H,3-6,10,13-17H2,1-2H3;1H. The lowest BCUT2D eigenvalue weighted by Gasteiger charge is -2.18. The van der Waals surface area contributed by atoms with Gasteiger partial charge in [-0.2, -0.15) is 0 Å². The third-order valence-electron chi connectivity index (χ3n) is 3.96. The second-order valence-corrected chi connectivity index (χ2v) is 6.33. The number of hydrogen-bond donors (Lipinski definition) is 1. The highest BCUT2D eigenvalue weighted by Gasteiger charge is 2.25. The molecule has 0 radical (unpaired) electrons. The van der Waals surface area contributed by atoms with E-state index in [2.05, 4.69) is 19.2 Å². The Labute approximate surface area is 169 Å². The van der Waals surface area contributed by atoms with Crippen LogP contribution in [0.1, 0.15) is 57.9 Å². The Morgan fingerprint density at radius 2 is 1.59 bits per heavy atom. The molecular weight excluding hydrogens is 366 g/mol. The van der Waals surface area contributed by atoms with E-state index in [0.717, 1.165) is 31.2 Å². The lowest BCUT2D eigenvalue weighted by molar-refractivity contribution is -0.145. The molecule has 0 fully saturated rings. The molecule has 1 aromatic rings. The first-order valence-corrected chi connectivity index (χ1v) is 9.72. The second kappa shape index (κ2) is 16.9. The van der Waals surface area contributed by atoms with Crippen molar-refractivity contribution < 1.29 is 19.1 Å². The quantitative estimate of drug-likeness (QED) is 0.258. The first kappa shape index (κ1) is 25.7. The van der Waals surface area contributed by atoms with Gasteiger partial charge in [0.2, 0.25) is 11.6 Å². The number of hydrogen-bond acceptors (Lipinski definition) is 5. The summed E-state index contributed by atoms with van der Waals surface area (Å²) in [6, 6.07) is 9.76. The van der Waals surface area contributed by atoms with Gasteiger partial charge in [-0.05, 0) is 24.8 Å². The van der Waals surface area contributed by atoms with Gasteiger partial charge in [0.05, 0.1) is 0 Å². The van der Waals surface area contributed by atoms with Gasteiger partial charge in [-0.25, -0.2) is 0 Å². The van der Waals surface area contributed by atoms with Gasteiger partial charge in [0.25, 0.3) is 0 Å². The maximum atomic E-state index is 12.4. The molecule has 0 bridgehead atoms. The van der Waals surface area contributed by atoms with E-state index in [-0.39, 0.29) is 18.8 Å². The molecule has 154 valence electrons. The van der Waals surface area contributed by atoms with E-state index in [1.165, 1.54) is 0 Å². The number of benzene rings is 1. The number of carbonyl (C=O) groups excluding carboxylic acids is 2. The van der Waals surface area contributed by atoms with Gasteiger partial charge < -0.3 is 9.47 Å². The minimum Gasteiger partial charge on any atom is -0.381 e. The van der Waals surface area contributed by atoms with Crippen LogP contribution in [0.25, 0.3) is 0 Å². The summed E-state index contributed by atoms with van der Waals surface area (Å²) in [7, 11) is 0. The van der Waals surface area contributed by atoms with E-state index in [1.54, 1.807) is 0 Å². The number of nitrogens with one attached hydrogen (secondary N) is 1. The molecule has 0 heterocycles. The number of Topliss-reactive ketones (excluding diaryl/α,β-unsaturated/α-hetero) is 2. The molecule has 0 saturated carbocycles. The third kappa shape index (κ3) is 11.9. The molecule has 0 aliphatic rings. The van der Waals surface area contributed by atoms with Crippen molar-refractivity contribution in [2.45, 2.75) is 65.1 Å². The van der Waals surface area contributed by atoms with E-state index < -0.39 is 17.8 Å². The SMILES string of the molecule is CCCCOCCCC(=O)C(=O)C(NCc1ccccc1)OCCCC.Cl. The number of unbranched alkanes of at least 4 members (excludes halogenated alkanes) is 2. The van der Waals surface area contributed by atoms with Crippen LogP contribution in [0.15, 0.2) is 30.3 Å². The number of ether oxygens (including phenoxy) is 2. The molecule has 5 nitrogen and oxygen atoms in total. The van der Waals surface area contributed by atoms with E-state index in [9.17, 15) is 9.59 Å². The first-order chi connectivity index (χ1) is 12.7. The molecule has 0 aromatic heterocycles. The van der Waals surface area contributed by atoms with Gasteiger partial charge in [-0.15, -0.1) is 12.4 Å². The minimum atomic E-state index is -0.879. The molecule has 0 aliphatic carbocycles. The number of halogens is 1. The zero-order valence-corrected chi connectivity index (χ0v) is 17.4. The molecule has 6 heteroatoms. The Balaban J connectivity index is 0.00000676. The van der Waals surface area contributed by atoms with Gasteiger partial charge in [0.15, 0.2) is 6.23 Å². The summed E-state index contributed by atoms with van der Waals surface area (Å²) in [5.74, 6) is -0.892. The topological polar surface area (TPSA) is 64.6 Å². The molecule has 0 aliphatic heterocycles. The lowest BCUT2D eigenvalue weighted by atomic mass is 10.1. The zero-order valence-electron chi connectivity index (χ0n) is 16.6. The summed E-state index contributed by atoms with van der Waals surface area (Å²) in [6.07, 6.45) is 3.82. The van der Waals surface area contributed by atoms with Gasteiger partial charge in [-0.1, -0.05) is 57.0 Å².